The molecule has 0 spiro atoms. The van der Waals surface area contributed by atoms with Crippen molar-refractivity contribution in [2.45, 2.75) is 49.4 Å². The lowest BCUT2D eigenvalue weighted by Crippen LogP contribution is -2.35. The molecule has 0 bridgehead atoms. The second-order valence-electron chi connectivity index (χ2n) is 10.00. The Labute approximate surface area is 250 Å². The fourth-order valence-electron chi connectivity index (χ4n) is 5.27. The Morgan fingerprint density at radius 2 is 1.98 bits per heavy atom. The summed E-state index contributed by atoms with van der Waals surface area (Å²) in [7, 11) is -8.72. The summed E-state index contributed by atoms with van der Waals surface area (Å²) >= 11 is 0. The van der Waals surface area contributed by atoms with Crippen LogP contribution < -0.4 is 17.0 Å². The molecule has 6 heterocycles. The van der Waals surface area contributed by atoms with Crippen molar-refractivity contribution < 1.29 is 56.6 Å². The second-order valence-corrected chi connectivity index (χ2v) is 12.2. The van der Waals surface area contributed by atoms with Crippen LogP contribution in [0.3, 0.4) is 0 Å². The molecule has 2 aliphatic rings. The summed E-state index contributed by atoms with van der Waals surface area (Å²) in [6, 6.07) is 0. The van der Waals surface area contributed by atoms with Crippen LogP contribution in [0.1, 0.15) is 18.9 Å². The number of nitrogen functional groups attached to an aromatic ring is 2. The number of H-pyrrole nitrogens is 1. The highest BCUT2D eigenvalue weighted by molar-refractivity contribution is 7.47. The number of phosphoric ester groups is 1. The van der Waals surface area contributed by atoms with E-state index in [1.165, 1.54) is 10.9 Å². The first kappa shape index (κ1) is 31.6. The van der Waals surface area contributed by atoms with Crippen molar-refractivity contribution >= 4 is 50.0 Å². The molecule has 2 saturated heterocycles. The molecule has 4 aromatic rings. The van der Waals surface area contributed by atoms with Gasteiger partial charge in [-0.2, -0.15) is 4.98 Å². The number of rotatable bonds is 10. The Morgan fingerprint density at radius 1 is 1.20 bits per heavy atom. The lowest BCUT2D eigenvalue weighted by molar-refractivity contribution is -0.0608. The van der Waals surface area contributed by atoms with Gasteiger partial charge >= 0.3 is 16.1 Å². The summed E-state index contributed by atoms with van der Waals surface area (Å²) in [6.45, 7) is -1.32. The van der Waals surface area contributed by atoms with Gasteiger partial charge in [-0.1, -0.05) is 0 Å². The molecule has 21 nitrogen and oxygen atoms in total. The molecular formula is C21H26FN9O12P2. The SMILES string of the molecule is Nc1nc2c(ncn2[C@@H]2O[C@H](CO)CC2OP(=O)(O)OC[C@H]2O[C@@H](n3cc(F)c4c(N)ncnc43)[C@H](O)C2O[PH](=O)O)c(=O)[nH]1. The van der Waals surface area contributed by atoms with Gasteiger partial charge in [-0.25, -0.2) is 23.9 Å². The van der Waals surface area contributed by atoms with Crippen LogP contribution in [0.25, 0.3) is 22.2 Å². The summed E-state index contributed by atoms with van der Waals surface area (Å²) in [6.07, 6.45) is -6.57. The molecule has 2 aliphatic heterocycles. The zero-order valence-electron chi connectivity index (χ0n) is 22.6. The van der Waals surface area contributed by atoms with Gasteiger partial charge in [0, 0.05) is 12.6 Å². The second kappa shape index (κ2) is 12.1. The average Bonchev–Trinajstić information content (AvgIpc) is 3.72. The van der Waals surface area contributed by atoms with Crippen LogP contribution in [0.5, 0.6) is 0 Å². The zero-order chi connectivity index (χ0) is 32.2. The summed E-state index contributed by atoms with van der Waals surface area (Å²) in [5.74, 6) is -1.27. The minimum atomic E-state index is -5.03. The third-order valence-electron chi connectivity index (χ3n) is 7.16. The average molecular weight is 677 g/mol. The number of aliphatic hydroxyl groups excluding tert-OH is 2. The van der Waals surface area contributed by atoms with Crippen LogP contribution in [0.15, 0.2) is 23.6 Å². The van der Waals surface area contributed by atoms with Crippen LogP contribution in [0.2, 0.25) is 0 Å². The maximum atomic E-state index is 14.7. The predicted molar refractivity (Wildman–Crippen MR) is 147 cm³/mol. The van der Waals surface area contributed by atoms with Gasteiger partial charge in [-0.05, 0) is 0 Å². The summed E-state index contributed by atoms with van der Waals surface area (Å²) < 4.78 is 68.6. The Balaban J connectivity index is 1.21. The molecule has 4 aromatic heterocycles. The van der Waals surface area contributed by atoms with Gasteiger partial charge in [0.1, 0.15) is 36.6 Å². The molecule has 4 unspecified atom stereocenters. The first-order valence-corrected chi connectivity index (χ1v) is 15.8. The number of aromatic nitrogens is 7. The standard InChI is InChI=1S/C21H26FN9O12P2/c22-8-2-30(16-11(8)15(23)25-5-26-16)20-13(33)14(42-44(35)36)10(41-20)4-39-45(37,38)43-9-1-7(3-32)40-19(9)31-6-27-12-17(31)28-21(24)29-18(12)34/h2,5-7,9-10,13-14,19-20,32-33,44H,1,3-4H2,(H,35,36)(H,37,38)(H2,23,25,26)(H3,24,28,29,34)/t7-,9?,10+,13+,14?,19+,20+/m0/s1. The van der Waals surface area contributed by atoms with Gasteiger partial charge < -0.3 is 50.0 Å². The minimum absolute atomic E-state index is 0.0262. The maximum absolute atomic E-state index is 14.7. The van der Waals surface area contributed by atoms with Crippen LogP contribution in [0.4, 0.5) is 16.2 Å². The molecule has 0 radical (unpaired) electrons. The van der Waals surface area contributed by atoms with E-state index < -0.39 is 83.6 Å². The fraction of sp³-hybridized carbons (Fsp3) is 0.476. The Hall–Kier alpha value is -3.40. The topological polar surface area (TPSA) is 308 Å². The molecule has 6 rings (SSSR count). The molecule has 24 heteroatoms. The number of imidazole rings is 1. The van der Waals surface area contributed by atoms with E-state index in [1.807, 2.05) is 0 Å². The van der Waals surface area contributed by atoms with E-state index in [4.69, 9.17) is 34.5 Å². The van der Waals surface area contributed by atoms with Crippen LogP contribution >= 0.6 is 16.1 Å². The largest absolute Gasteiger partial charge is 0.472 e. The number of aliphatic hydroxyl groups is 2. The molecular weight excluding hydrogens is 651 g/mol. The highest BCUT2D eigenvalue weighted by Crippen LogP contribution is 2.50. The normalized spacial score (nSPS) is 29.0. The molecule has 45 heavy (non-hydrogen) atoms. The van der Waals surface area contributed by atoms with E-state index in [0.717, 1.165) is 17.1 Å². The van der Waals surface area contributed by atoms with E-state index in [2.05, 4.69) is 24.9 Å². The van der Waals surface area contributed by atoms with Crippen molar-refractivity contribution in [2.75, 3.05) is 24.7 Å². The van der Waals surface area contributed by atoms with Crippen molar-refractivity contribution in [1.29, 1.82) is 0 Å². The van der Waals surface area contributed by atoms with Gasteiger partial charge in [0.2, 0.25) is 5.95 Å². The molecule has 0 saturated carbocycles. The highest BCUT2D eigenvalue weighted by Gasteiger charge is 2.49. The minimum Gasteiger partial charge on any atom is -0.394 e. The first-order valence-electron chi connectivity index (χ1n) is 13.0. The number of nitrogens with one attached hydrogen (secondary N) is 1. The van der Waals surface area contributed by atoms with E-state index in [1.54, 1.807) is 0 Å². The zero-order valence-corrected chi connectivity index (χ0v) is 24.5. The fourth-order valence-corrected chi connectivity index (χ4v) is 6.73. The van der Waals surface area contributed by atoms with Crippen LogP contribution in [-0.2, 0) is 32.2 Å². The number of fused-ring (bicyclic) bond motifs is 2. The van der Waals surface area contributed by atoms with E-state index in [9.17, 15) is 38.3 Å². The Bertz CT molecular complexity index is 1870. The smallest absolute Gasteiger partial charge is 0.394 e. The van der Waals surface area contributed by atoms with Crippen molar-refractivity contribution in [3.05, 3.63) is 35.0 Å². The van der Waals surface area contributed by atoms with Gasteiger partial charge in [0.15, 0.2) is 35.1 Å². The number of anilines is 2. The molecule has 0 aromatic carbocycles. The molecule has 0 aliphatic carbocycles. The van der Waals surface area contributed by atoms with E-state index >= 15 is 0 Å². The highest BCUT2D eigenvalue weighted by atomic mass is 31.2. The number of aromatic amines is 1. The number of halogens is 1. The van der Waals surface area contributed by atoms with Crippen LogP contribution in [0, 0.1) is 5.82 Å². The Morgan fingerprint density at radius 3 is 2.71 bits per heavy atom. The summed E-state index contributed by atoms with van der Waals surface area (Å²) in [4.78, 5) is 50.2. The van der Waals surface area contributed by atoms with Gasteiger partial charge in [-0.15, -0.1) is 0 Å². The third kappa shape index (κ3) is 5.98. The number of ether oxygens (including phenoxy) is 2. The quantitative estimate of drug-likeness (QED) is 0.0957. The lowest BCUT2D eigenvalue weighted by Gasteiger charge is -2.24. The molecule has 9 atom stereocenters. The van der Waals surface area contributed by atoms with Crippen molar-refractivity contribution in [3.8, 4) is 0 Å². The van der Waals surface area contributed by atoms with Crippen LogP contribution in [-0.4, -0.2) is 97.8 Å². The summed E-state index contributed by atoms with van der Waals surface area (Å²) in [5, 5.41) is 20.4. The lowest BCUT2D eigenvalue weighted by atomic mass is 10.1. The third-order valence-corrected chi connectivity index (χ3v) is 8.64. The van der Waals surface area contributed by atoms with Crippen molar-refractivity contribution in [1.82, 2.24) is 34.1 Å². The first-order chi connectivity index (χ1) is 21.4. The molecule has 244 valence electrons. The summed E-state index contributed by atoms with van der Waals surface area (Å²) in [5.41, 5.74) is 10.5. The van der Waals surface area contributed by atoms with Crippen molar-refractivity contribution in [2.24, 2.45) is 0 Å². The monoisotopic (exact) mass is 677 g/mol. The van der Waals surface area contributed by atoms with Crippen molar-refractivity contribution in [3.63, 3.8) is 0 Å². The number of hydrogen-bond donors (Lipinski definition) is 7. The molecule has 9 N–H and O–H groups in total. The van der Waals surface area contributed by atoms with Gasteiger partial charge in [0.25, 0.3) is 5.56 Å². The number of nitrogens with zero attached hydrogens (tertiary/aromatic N) is 6. The van der Waals surface area contributed by atoms with Gasteiger partial charge in [-0.3, -0.25) is 28.0 Å². The predicted octanol–water partition coefficient (Wildman–Crippen LogP) is -1.32. The molecule has 2 fully saturated rings. The van der Waals surface area contributed by atoms with Gasteiger partial charge in [0.05, 0.1) is 31.0 Å². The molecule has 0 amide bonds. The van der Waals surface area contributed by atoms with E-state index in [-0.39, 0.29) is 40.4 Å². The number of nitrogens with two attached hydrogens (primary N) is 2. The maximum Gasteiger partial charge on any atom is 0.472 e. The van der Waals surface area contributed by atoms with E-state index in [0.29, 0.717) is 0 Å². The number of hydrogen-bond acceptors (Lipinski definition) is 16. The Kier molecular flexibility index (Phi) is 8.48. The number of phosphoric acid groups is 1.